The summed E-state index contributed by atoms with van der Waals surface area (Å²) in [5, 5.41) is 12.7. The van der Waals surface area contributed by atoms with Crippen LogP contribution < -0.4 is 0 Å². The van der Waals surface area contributed by atoms with Crippen molar-refractivity contribution < 1.29 is 14.4 Å². The maximum atomic E-state index is 11.4. The van der Waals surface area contributed by atoms with Crippen molar-refractivity contribution in [2.45, 2.75) is 37.2 Å². The molecular formula is C15H18N2O3S. The minimum absolute atomic E-state index is 0.201. The summed E-state index contributed by atoms with van der Waals surface area (Å²) in [7, 11) is 0. The van der Waals surface area contributed by atoms with Crippen molar-refractivity contribution in [1.29, 1.82) is 0 Å². The molecule has 1 heterocycles. The highest BCUT2D eigenvalue weighted by molar-refractivity contribution is 7.99. The fourth-order valence-electron chi connectivity index (χ4n) is 1.78. The summed E-state index contributed by atoms with van der Waals surface area (Å²) in [6.45, 7) is 3.97. The lowest BCUT2D eigenvalue weighted by atomic mass is 10.1. The molecule has 2 aromatic rings. The third kappa shape index (κ3) is 4.60. The number of aliphatic carboxylic acids is 1. The van der Waals surface area contributed by atoms with Gasteiger partial charge < -0.3 is 9.63 Å². The lowest BCUT2D eigenvalue weighted by Gasteiger charge is -2.10. The Morgan fingerprint density at radius 1 is 1.33 bits per heavy atom. The molecule has 1 aromatic carbocycles. The Morgan fingerprint density at radius 2 is 2.05 bits per heavy atom. The topological polar surface area (TPSA) is 76.2 Å². The van der Waals surface area contributed by atoms with E-state index in [4.69, 9.17) is 4.52 Å². The third-order valence-electron chi connectivity index (χ3n) is 2.95. The quantitative estimate of drug-likeness (QED) is 0.847. The van der Waals surface area contributed by atoms with Crippen LogP contribution >= 0.6 is 11.8 Å². The number of nitrogens with zero attached hydrogens (tertiary/aromatic N) is 2. The van der Waals surface area contributed by atoms with E-state index in [1.165, 1.54) is 11.8 Å². The van der Waals surface area contributed by atoms with Gasteiger partial charge in [0.05, 0.1) is 5.75 Å². The first-order valence-electron chi connectivity index (χ1n) is 6.77. The van der Waals surface area contributed by atoms with Crippen molar-refractivity contribution in [2.24, 2.45) is 0 Å². The minimum Gasteiger partial charge on any atom is -0.480 e. The summed E-state index contributed by atoms with van der Waals surface area (Å²) >= 11 is 1.31. The predicted molar refractivity (Wildman–Crippen MR) is 81.3 cm³/mol. The van der Waals surface area contributed by atoms with Crippen molar-refractivity contribution in [1.82, 2.24) is 10.1 Å². The van der Waals surface area contributed by atoms with Gasteiger partial charge in [-0.15, -0.1) is 11.8 Å². The number of carboxylic acid groups (broad SMARTS) is 1. The van der Waals surface area contributed by atoms with Crippen LogP contribution in [0.15, 0.2) is 34.9 Å². The van der Waals surface area contributed by atoms with E-state index < -0.39 is 11.2 Å². The van der Waals surface area contributed by atoms with E-state index in [2.05, 4.69) is 10.1 Å². The standard InChI is InChI=1S/C15H18N2O3S/c1-10(2)14-16-13(20-17-14)9-21-12(15(18)19)8-11-6-4-3-5-7-11/h3-7,10,12H,8-9H2,1-2H3,(H,18,19). The molecule has 0 saturated carbocycles. The zero-order valence-corrected chi connectivity index (χ0v) is 12.8. The molecular weight excluding hydrogens is 288 g/mol. The third-order valence-corrected chi connectivity index (χ3v) is 4.13. The van der Waals surface area contributed by atoms with E-state index in [0.29, 0.717) is 23.9 Å². The van der Waals surface area contributed by atoms with Gasteiger partial charge in [0.15, 0.2) is 5.82 Å². The highest BCUT2D eigenvalue weighted by atomic mass is 32.2. The van der Waals surface area contributed by atoms with Gasteiger partial charge in [-0.2, -0.15) is 4.98 Å². The van der Waals surface area contributed by atoms with Gasteiger partial charge >= 0.3 is 5.97 Å². The van der Waals surface area contributed by atoms with Crippen LogP contribution in [-0.4, -0.2) is 26.5 Å². The average molecular weight is 306 g/mol. The molecule has 0 bridgehead atoms. The lowest BCUT2D eigenvalue weighted by molar-refractivity contribution is -0.136. The van der Waals surface area contributed by atoms with Gasteiger partial charge in [-0.3, -0.25) is 4.79 Å². The average Bonchev–Trinajstić information content (AvgIpc) is 2.93. The molecule has 1 unspecified atom stereocenters. The Hall–Kier alpha value is -1.82. The van der Waals surface area contributed by atoms with E-state index >= 15 is 0 Å². The first-order valence-corrected chi connectivity index (χ1v) is 7.82. The molecule has 0 aliphatic carbocycles. The predicted octanol–water partition coefficient (Wildman–Crippen LogP) is 3.12. The maximum Gasteiger partial charge on any atom is 0.316 e. The molecule has 21 heavy (non-hydrogen) atoms. The molecule has 0 amide bonds. The molecule has 6 heteroatoms. The second kappa shape index (κ2) is 7.26. The lowest BCUT2D eigenvalue weighted by Crippen LogP contribution is -2.19. The Balaban J connectivity index is 1.95. The maximum absolute atomic E-state index is 11.4. The second-order valence-corrected chi connectivity index (χ2v) is 6.22. The smallest absolute Gasteiger partial charge is 0.316 e. The summed E-state index contributed by atoms with van der Waals surface area (Å²) in [6, 6.07) is 9.59. The summed E-state index contributed by atoms with van der Waals surface area (Å²) in [5.41, 5.74) is 1.01. The molecule has 112 valence electrons. The van der Waals surface area contributed by atoms with Crippen LogP contribution in [0.4, 0.5) is 0 Å². The largest absolute Gasteiger partial charge is 0.480 e. The van der Waals surface area contributed by atoms with Crippen LogP contribution in [0, 0.1) is 0 Å². The molecule has 2 rings (SSSR count). The summed E-state index contributed by atoms with van der Waals surface area (Å²) in [5.74, 6) is 0.909. The normalized spacial score (nSPS) is 12.5. The van der Waals surface area contributed by atoms with Gasteiger partial charge in [-0.1, -0.05) is 49.3 Å². The first kappa shape index (κ1) is 15.6. The molecule has 0 aliphatic rings. The fourth-order valence-corrected chi connectivity index (χ4v) is 2.69. The Bertz CT molecular complexity index is 584. The van der Waals surface area contributed by atoms with Crippen molar-refractivity contribution in [2.75, 3.05) is 0 Å². The SMILES string of the molecule is CC(C)c1noc(CSC(Cc2ccccc2)C(=O)O)n1. The van der Waals surface area contributed by atoms with Gasteiger partial charge in [0.25, 0.3) is 0 Å². The minimum atomic E-state index is -0.826. The van der Waals surface area contributed by atoms with E-state index in [0.717, 1.165) is 5.56 Å². The molecule has 1 N–H and O–H groups in total. The monoisotopic (exact) mass is 306 g/mol. The zero-order chi connectivity index (χ0) is 15.2. The van der Waals surface area contributed by atoms with Crippen LogP contribution in [0.3, 0.4) is 0 Å². The molecule has 0 spiro atoms. The van der Waals surface area contributed by atoms with Crippen LogP contribution in [0.2, 0.25) is 0 Å². The van der Waals surface area contributed by atoms with Crippen LogP contribution in [0.1, 0.15) is 37.0 Å². The molecule has 0 radical (unpaired) electrons. The van der Waals surface area contributed by atoms with Crippen molar-refractivity contribution in [3.05, 3.63) is 47.6 Å². The first-order chi connectivity index (χ1) is 10.1. The Labute approximate surface area is 127 Å². The molecule has 1 atom stereocenters. The van der Waals surface area contributed by atoms with Crippen molar-refractivity contribution in [3.63, 3.8) is 0 Å². The highest BCUT2D eigenvalue weighted by Gasteiger charge is 2.20. The van der Waals surface area contributed by atoms with Crippen LogP contribution in [0.5, 0.6) is 0 Å². The molecule has 0 fully saturated rings. The molecule has 5 nitrogen and oxygen atoms in total. The number of aromatic nitrogens is 2. The number of hydrogen-bond acceptors (Lipinski definition) is 5. The van der Waals surface area contributed by atoms with Crippen molar-refractivity contribution in [3.8, 4) is 0 Å². The summed E-state index contributed by atoms with van der Waals surface area (Å²) < 4.78 is 5.13. The van der Waals surface area contributed by atoms with Gasteiger partial charge in [-0.05, 0) is 12.0 Å². The molecule has 1 aromatic heterocycles. The van der Waals surface area contributed by atoms with Crippen molar-refractivity contribution >= 4 is 17.7 Å². The number of hydrogen-bond donors (Lipinski definition) is 1. The molecule has 0 saturated heterocycles. The second-order valence-electron chi connectivity index (χ2n) is 5.03. The Kier molecular flexibility index (Phi) is 5.38. The number of thioether (sulfide) groups is 1. The molecule has 0 aliphatic heterocycles. The van der Waals surface area contributed by atoms with E-state index in [9.17, 15) is 9.90 Å². The summed E-state index contributed by atoms with van der Waals surface area (Å²) in [4.78, 5) is 15.6. The van der Waals surface area contributed by atoms with Gasteiger partial charge in [-0.25, -0.2) is 0 Å². The van der Waals surface area contributed by atoms with Crippen LogP contribution in [0.25, 0.3) is 0 Å². The van der Waals surface area contributed by atoms with Gasteiger partial charge in [0.1, 0.15) is 5.25 Å². The summed E-state index contributed by atoms with van der Waals surface area (Å²) in [6.07, 6.45) is 0.478. The zero-order valence-electron chi connectivity index (χ0n) is 12.0. The van der Waals surface area contributed by atoms with Crippen LogP contribution in [-0.2, 0) is 17.0 Å². The number of carboxylic acids is 1. The number of benzene rings is 1. The fraction of sp³-hybridized carbons (Fsp3) is 0.400. The van der Waals surface area contributed by atoms with E-state index in [1.807, 2.05) is 44.2 Å². The number of rotatable bonds is 7. The van der Waals surface area contributed by atoms with E-state index in [1.54, 1.807) is 0 Å². The Morgan fingerprint density at radius 3 is 2.62 bits per heavy atom. The number of carbonyl (C=O) groups is 1. The highest BCUT2D eigenvalue weighted by Crippen LogP contribution is 2.22. The van der Waals surface area contributed by atoms with Gasteiger partial charge in [0, 0.05) is 5.92 Å². The van der Waals surface area contributed by atoms with E-state index in [-0.39, 0.29) is 5.92 Å². The van der Waals surface area contributed by atoms with Gasteiger partial charge in [0.2, 0.25) is 5.89 Å².